The molecule has 7 nitrogen and oxygen atoms in total. The fraction of sp³-hybridized carbons (Fsp3) is 0.231. The van der Waals surface area contributed by atoms with Crippen molar-refractivity contribution in [1.29, 1.82) is 0 Å². The van der Waals surface area contributed by atoms with Crippen molar-refractivity contribution in [3.63, 3.8) is 0 Å². The first-order valence-electron chi connectivity index (χ1n) is 10.9. The molecule has 34 heavy (non-hydrogen) atoms. The monoisotopic (exact) mass is 472 g/mol. The lowest BCUT2D eigenvalue weighted by Gasteiger charge is -2.12. The van der Waals surface area contributed by atoms with Crippen molar-refractivity contribution in [3.8, 4) is 21.9 Å². The quantitative estimate of drug-likeness (QED) is 0.418. The number of rotatable bonds is 4. The van der Waals surface area contributed by atoms with Gasteiger partial charge in [-0.15, -0.1) is 21.5 Å². The zero-order valence-electron chi connectivity index (χ0n) is 19.4. The molecule has 0 saturated carbocycles. The van der Waals surface area contributed by atoms with Crippen LogP contribution in [0.15, 0.2) is 53.5 Å². The van der Waals surface area contributed by atoms with Crippen molar-refractivity contribution in [3.05, 3.63) is 81.7 Å². The van der Waals surface area contributed by atoms with Gasteiger partial charge in [0.2, 0.25) is 0 Å². The van der Waals surface area contributed by atoms with E-state index in [1.807, 2.05) is 47.9 Å². The van der Waals surface area contributed by atoms with Crippen molar-refractivity contribution in [1.82, 2.24) is 14.8 Å². The van der Waals surface area contributed by atoms with Gasteiger partial charge in [0.25, 0.3) is 0 Å². The highest BCUT2D eigenvalue weighted by molar-refractivity contribution is 7.15. The van der Waals surface area contributed by atoms with Gasteiger partial charge in [-0.25, -0.2) is 0 Å². The minimum Gasteiger partial charge on any atom is -0.508 e. The number of phenols is 1. The van der Waals surface area contributed by atoms with Crippen molar-refractivity contribution >= 4 is 23.0 Å². The molecule has 5 rings (SSSR count). The van der Waals surface area contributed by atoms with Crippen LogP contribution >= 0.6 is 11.3 Å². The lowest BCUT2D eigenvalue weighted by Crippen LogP contribution is -2.12. The number of aromatic nitrogens is 3. The van der Waals surface area contributed by atoms with Crippen LogP contribution in [0.3, 0.4) is 0 Å². The summed E-state index contributed by atoms with van der Waals surface area (Å²) in [6.07, 6.45) is 0.0801. The topological polar surface area (TPSA) is 89.6 Å². The SMILES string of the molecule is COC(=O)C[C@@H]1N=C(c2ccc(-c3ccc(O)cc3)cc2)c2c(sc(C)c2C)-n2c(C)nnc21. The number of hydrogen-bond acceptors (Lipinski definition) is 7. The third kappa shape index (κ3) is 3.70. The first-order chi connectivity index (χ1) is 16.4. The highest BCUT2D eigenvalue weighted by Gasteiger charge is 2.32. The van der Waals surface area contributed by atoms with Crippen LogP contribution in [-0.2, 0) is 9.53 Å². The molecule has 0 amide bonds. The van der Waals surface area contributed by atoms with Crippen LogP contribution in [0.4, 0.5) is 0 Å². The zero-order valence-corrected chi connectivity index (χ0v) is 20.2. The number of nitrogens with zero attached hydrogens (tertiary/aromatic N) is 4. The van der Waals surface area contributed by atoms with E-state index in [9.17, 15) is 9.90 Å². The Morgan fingerprint density at radius 1 is 1.00 bits per heavy atom. The van der Waals surface area contributed by atoms with E-state index in [1.165, 1.54) is 12.0 Å². The molecule has 2 aromatic heterocycles. The molecular weight excluding hydrogens is 448 g/mol. The summed E-state index contributed by atoms with van der Waals surface area (Å²) in [6, 6.07) is 14.8. The summed E-state index contributed by atoms with van der Waals surface area (Å²) in [5.74, 6) is 1.29. The molecule has 1 atom stereocenters. The maximum Gasteiger partial charge on any atom is 0.308 e. The maximum absolute atomic E-state index is 12.2. The summed E-state index contributed by atoms with van der Waals surface area (Å²) in [5, 5.41) is 19.3. The first kappa shape index (κ1) is 22.0. The van der Waals surface area contributed by atoms with Crippen LogP contribution in [-0.4, -0.2) is 38.7 Å². The molecule has 4 aromatic rings. The second-order valence-electron chi connectivity index (χ2n) is 8.30. The summed E-state index contributed by atoms with van der Waals surface area (Å²) in [7, 11) is 1.38. The number of aliphatic imine (C=N–C) groups is 1. The number of thiophene rings is 1. The Labute approximate surface area is 201 Å². The Bertz CT molecular complexity index is 1420. The molecule has 1 aliphatic heterocycles. The minimum absolute atomic E-state index is 0.0801. The fourth-order valence-electron chi connectivity index (χ4n) is 4.24. The Balaban J connectivity index is 1.67. The van der Waals surface area contributed by atoms with Crippen LogP contribution in [0, 0.1) is 20.8 Å². The summed E-state index contributed by atoms with van der Waals surface area (Å²) in [6.45, 7) is 6.12. The fourth-order valence-corrected chi connectivity index (χ4v) is 5.45. The molecule has 3 heterocycles. The highest BCUT2D eigenvalue weighted by Crippen LogP contribution is 2.39. The number of hydrogen-bond donors (Lipinski definition) is 1. The summed E-state index contributed by atoms with van der Waals surface area (Å²) in [4.78, 5) is 18.5. The molecule has 172 valence electrons. The van der Waals surface area contributed by atoms with Gasteiger partial charge in [0.15, 0.2) is 5.82 Å². The van der Waals surface area contributed by atoms with Crippen molar-refractivity contribution < 1.29 is 14.6 Å². The van der Waals surface area contributed by atoms with E-state index in [0.29, 0.717) is 5.82 Å². The molecule has 0 aliphatic carbocycles. The van der Waals surface area contributed by atoms with Gasteiger partial charge in [0.05, 0.1) is 19.2 Å². The highest BCUT2D eigenvalue weighted by atomic mass is 32.1. The Hall–Kier alpha value is -3.78. The number of fused-ring (bicyclic) bond motifs is 3. The Morgan fingerprint density at radius 3 is 2.26 bits per heavy atom. The van der Waals surface area contributed by atoms with E-state index >= 15 is 0 Å². The van der Waals surface area contributed by atoms with Gasteiger partial charge in [0, 0.05) is 16.0 Å². The normalized spacial score (nSPS) is 14.7. The predicted molar refractivity (Wildman–Crippen MR) is 132 cm³/mol. The van der Waals surface area contributed by atoms with Gasteiger partial charge >= 0.3 is 5.97 Å². The number of phenolic OH excluding ortho intramolecular Hbond substituents is 1. The lowest BCUT2D eigenvalue weighted by atomic mass is 9.97. The largest absolute Gasteiger partial charge is 0.508 e. The molecule has 1 N–H and O–H groups in total. The summed E-state index contributed by atoms with van der Waals surface area (Å²) >= 11 is 1.68. The van der Waals surface area contributed by atoms with Gasteiger partial charge in [-0.3, -0.25) is 14.4 Å². The number of benzene rings is 2. The van der Waals surface area contributed by atoms with E-state index in [2.05, 4.69) is 24.0 Å². The average Bonchev–Trinajstić information content (AvgIpc) is 3.31. The van der Waals surface area contributed by atoms with Gasteiger partial charge in [-0.1, -0.05) is 36.4 Å². The van der Waals surface area contributed by atoms with Crippen LogP contribution in [0.1, 0.15) is 45.7 Å². The number of carbonyl (C=O) groups excluding carboxylic acids is 1. The molecule has 8 heteroatoms. The average molecular weight is 473 g/mol. The molecule has 0 unspecified atom stereocenters. The molecule has 0 radical (unpaired) electrons. The standard InChI is InChI=1S/C26H24N4O3S/c1-14-15(2)34-26-23(14)24(19-7-5-17(6-8-19)18-9-11-20(31)12-10-18)27-21(13-22(32)33-4)25-29-28-16(3)30(25)26/h5-12,21,31H,13H2,1-4H3/t21-/m0/s1. The molecule has 1 aliphatic rings. The molecule has 0 saturated heterocycles. The predicted octanol–water partition coefficient (Wildman–Crippen LogP) is 5.08. The van der Waals surface area contributed by atoms with Crippen LogP contribution in [0.2, 0.25) is 0 Å². The summed E-state index contributed by atoms with van der Waals surface area (Å²) < 4.78 is 6.97. The third-order valence-electron chi connectivity index (χ3n) is 6.19. The number of aromatic hydroxyl groups is 1. The van der Waals surface area contributed by atoms with E-state index in [4.69, 9.17) is 9.73 Å². The molecule has 0 fully saturated rings. The lowest BCUT2D eigenvalue weighted by molar-refractivity contribution is -0.141. The van der Waals surface area contributed by atoms with Crippen molar-refractivity contribution in [2.24, 2.45) is 4.99 Å². The Kier molecular flexibility index (Phi) is 5.53. The van der Waals surface area contributed by atoms with Crippen LogP contribution in [0.25, 0.3) is 16.1 Å². The second-order valence-corrected chi connectivity index (χ2v) is 9.51. The van der Waals surface area contributed by atoms with E-state index < -0.39 is 6.04 Å². The number of methoxy groups -OCH3 is 1. The smallest absolute Gasteiger partial charge is 0.308 e. The van der Waals surface area contributed by atoms with E-state index in [1.54, 1.807) is 23.5 Å². The molecule has 2 aromatic carbocycles. The minimum atomic E-state index is -0.514. The maximum atomic E-state index is 12.2. The zero-order chi connectivity index (χ0) is 24.0. The second kappa shape index (κ2) is 8.53. The third-order valence-corrected chi connectivity index (χ3v) is 7.38. The Morgan fingerprint density at radius 2 is 1.62 bits per heavy atom. The van der Waals surface area contributed by atoms with Crippen molar-refractivity contribution in [2.75, 3.05) is 7.11 Å². The number of esters is 1. The van der Waals surface area contributed by atoms with Gasteiger partial charge in [0.1, 0.15) is 22.6 Å². The number of ether oxygens (including phenoxy) is 1. The van der Waals surface area contributed by atoms with E-state index in [0.717, 1.165) is 44.4 Å². The van der Waals surface area contributed by atoms with E-state index in [-0.39, 0.29) is 18.1 Å². The molecule has 0 bridgehead atoms. The van der Waals surface area contributed by atoms with Gasteiger partial charge in [-0.05, 0) is 49.6 Å². The summed E-state index contributed by atoms with van der Waals surface area (Å²) in [5.41, 5.74) is 6.02. The van der Waals surface area contributed by atoms with Crippen LogP contribution in [0.5, 0.6) is 5.75 Å². The number of aryl methyl sites for hydroxylation is 2. The van der Waals surface area contributed by atoms with Crippen LogP contribution < -0.4 is 0 Å². The molecular formula is C26H24N4O3S. The first-order valence-corrected chi connectivity index (χ1v) is 11.8. The van der Waals surface area contributed by atoms with Crippen molar-refractivity contribution in [2.45, 2.75) is 33.2 Å². The van der Waals surface area contributed by atoms with Gasteiger partial charge < -0.3 is 9.84 Å². The van der Waals surface area contributed by atoms with Gasteiger partial charge in [-0.2, -0.15) is 0 Å². The number of carbonyl (C=O) groups is 1. The molecule has 0 spiro atoms.